The lowest BCUT2D eigenvalue weighted by Gasteiger charge is -2.24. The minimum Gasteiger partial charge on any atom is -0.394 e. The van der Waals surface area contributed by atoms with Crippen LogP contribution in [-0.4, -0.2) is 351 Å². The molecule has 31 N–H and O–H groups in total. The highest BCUT2D eigenvalue weighted by Gasteiger charge is 2.31. The van der Waals surface area contributed by atoms with Gasteiger partial charge >= 0.3 is 0 Å². The van der Waals surface area contributed by atoms with Gasteiger partial charge < -0.3 is 158 Å². The van der Waals surface area contributed by atoms with Crippen LogP contribution >= 0.6 is 0 Å². The third-order valence-electron chi connectivity index (χ3n) is 10.5. The summed E-state index contributed by atoms with van der Waals surface area (Å²) in [4.78, 5) is 0. The van der Waals surface area contributed by atoms with E-state index < -0.39 is 186 Å². The van der Waals surface area contributed by atoms with Gasteiger partial charge in [-0.05, 0) is 45.4 Å². The second-order valence-corrected chi connectivity index (χ2v) is 16.7. The molecule has 0 spiro atoms. The highest BCUT2D eigenvalue weighted by molar-refractivity contribution is 4.82. The van der Waals surface area contributed by atoms with Gasteiger partial charge in [0.25, 0.3) is 0 Å². The molecule has 0 saturated heterocycles. The van der Waals surface area contributed by atoms with Crippen LogP contribution in [0.4, 0.5) is 0 Å². The maximum Gasteiger partial charge on any atom is 0.110 e. The van der Waals surface area contributed by atoms with E-state index in [1.807, 2.05) is 0 Å². The molecule has 31 nitrogen and oxygen atoms in total. The first-order valence-electron chi connectivity index (χ1n) is 24.2. The molecule has 24 atom stereocenters. The Hall–Kier alpha value is -1.24. The molecule has 0 saturated carbocycles. The molecule has 0 radical (unpaired) electrons. The van der Waals surface area contributed by atoms with Gasteiger partial charge in [0, 0.05) is 0 Å². The van der Waals surface area contributed by atoms with E-state index in [1.165, 1.54) is 6.92 Å². The van der Waals surface area contributed by atoms with Gasteiger partial charge in [-0.1, -0.05) is 41.5 Å². The van der Waals surface area contributed by atoms with Crippen molar-refractivity contribution >= 4 is 0 Å². The van der Waals surface area contributed by atoms with Gasteiger partial charge in [0.1, 0.15) is 104 Å². The van der Waals surface area contributed by atoms with Crippen molar-refractivity contribution in [3.63, 3.8) is 0 Å². The van der Waals surface area contributed by atoms with Crippen molar-refractivity contribution in [3.8, 4) is 0 Å². The van der Waals surface area contributed by atoms with Gasteiger partial charge in [0.15, 0.2) is 0 Å². The summed E-state index contributed by atoms with van der Waals surface area (Å²) in [5.41, 5.74) is 0. The molecule has 31 heteroatoms. The van der Waals surface area contributed by atoms with Crippen LogP contribution in [0.25, 0.3) is 0 Å². The van der Waals surface area contributed by atoms with Gasteiger partial charge in [0.2, 0.25) is 0 Å². The summed E-state index contributed by atoms with van der Waals surface area (Å²) < 4.78 is 0. The Bertz CT molecular complexity index is 1000. The second-order valence-electron chi connectivity index (χ2n) is 16.7. The molecular weight excluding hydrogens is 1020 g/mol. The van der Waals surface area contributed by atoms with Crippen LogP contribution in [0.15, 0.2) is 0 Å². The third kappa shape index (κ3) is 42.3. The largest absolute Gasteiger partial charge is 0.394 e. The Morgan fingerprint density at radius 1 is 0.173 bits per heavy atom. The highest BCUT2D eigenvalue weighted by Crippen LogP contribution is 2.10. The van der Waals surface area contributed by atoms with E-state index in [-0.39, 0.29) is 25.9 Å². The average molecular weight is 1130 g/mol. The Labute approximate surface area is 437 Å². The predicted octanol–water partition coefficient (Wildman–Crippen LogP) is -13.0. The van der Waals surface area contributed by atoms with Crippen LogP contribution in [0, 0.1) is 0 Å². The Kier molecular flexibility index (Phi) is 62.4. The number of hydrogen-bond acceptors (Lipinski definition) is 31. The van der Waals surface area contributed by atoms with Crippen LogP contribution in [-0.2, 0) is 0 Å². The Morgan fingerprint density at radius 2 is 0.307 bits per heavy atom. The zero-order valence-corrected chi connectivity index (χ0v) is 43.9. The summed E-state index contributed by atoms with van der Waals surface area (Å²) in [6.07, 6.45) is -28.4. The molecule has 0 unspecified atom stereocenters. The SMILES string of the molecule is CC[C@@H](O)[C@@H](O)CO.CC[C@@H](O)[C@@H](O)[C@H](O)[C@H](O)CO.CC[C@@H](O)[C@H](O)[C@@H](O)CO.CC[C@@H](O)[C@H](O)[C@@H](O)[C@H](O)CO.CC[C@H](O)[C@@H](O)[C@H](O)[C@H](O)CO.CC[C@H](O)[C@H](O)[C@H](O)CO.C[C@H](O)[C@@H](O)[C@@H](O)[C@H](O)CO. The van der Waals surface area contributed by atoms with Crippen molar-refractivity contribution in [3.05, 3.63) is 0 Å². The maximum atomic E-state index is 9.12. The predicted molar refractivity (Wildman–Crippen MR) is 261 cm³/mol. The first-order chi connectivity index (χ1) is 34.6. The fourth-order valence-corrected chi connectivity index (χ4v) is 4.64. The maximum absolute atomic E-state index is 9.12. The molecule has 75 heavy (non-hydrogen) atoms. The lowest BCUT2D eigenvalue weighted by Crippen LogP contribution is -2.45. The smallest absolute Gasteiger partial charge is 0.110 e. The zero-order valence-electron chi connectivity index (χ0n) is 43.9. The van der Waals surface area contributed by atoms with E-state index in [4.69, 9.17) is 158 Å². The summed E-state index contributed by atoms with van der Waals surface area (Å²) in [5.74, 6) is 0. The van der Waals surface area contributed by atoms with Gasteiger partial charge in [-0.25, -0.2) is 0 Å². The number of rotatable bonds is 30. The molecule has 464 valence electrons. The molecule has 0 aromatic rings. The first-order valence-corrected chi connectivity index (χ1v) is 24.2. The number of aliphatic hydroxyl groups excluding tert-OH is 31. The summed E-state index contributed by atoms with van der Waals surface area (Å²) in [5, 5.41) is 273. The minimum atomic E-state index is -1.51. The molecule has 0 heterocycles. The first kappa shape index (κ1) is 87.6. The van der Waals surface area contributed by atoms with Gasteiger partial charge in [-0.2, -0.15) is 0 Å². The molecular formula is C44H102O31. The second kappa shape index (κ2) is 53.4. The normalized spacial score (nSPS) is 20.9. The summed E-state index contributed by atoms with van der Waals surface area (Å²) >= 11 is 0. The molecule has 0 aliphatic carbocycles. The van der Waals surface area contributed by atoms with Crippen molar-refractivity contribution in [1.29, 1.82) is 0 Å². The quantitative estimate of drug-likeness (QED) is 0.0318. The summed E-state index contributed by atoms with van der Waals surface area (Å²) in [7, 11) is 0. The topological polar surface area (TPSA) is 627 Å². The summed E-state index contributed by atoms with van der Waals surface area (Å²) in [6, 6.07) is 0. The standard InChI is InChI=1S/3C7H16O5.C6H14O5.2C6H14O4.C5H12O3/c3*1-2-4(9)6(11)7(12)5(10)3-8;1-3(8)5(10)6(11)4(9)2-7;2*1-2-4(8)6(10)5(9)3-7;1-2-4(7)5(8)3-6/h3*4-12H,2-3H2,1H3;3-11H,2H2,1H3;2*4-10H,2-3H2,1H3;4-8H,2-3H2,1H3/t4-,5+,6+,7+;4-,5-,6+,7+;4-,5-,6-,7-;3-,4+,5+,6-;4-,5+,6+;4-,5+,6-;4-,5+/m0110101/s1. The van der Waals surface area contributed by atoms with E-state index in [0.717, 1.165) is 0 Å². The molecule has 0 amide bonds. The third-order valence-corrected chi connectivity index (χ3v) is 10.5. The zero-order chi connectivity index (χ0) is 61.0. The van der Waals surface area contributed by atoms with E-state index in [9.17, 15) is 0 Å². The minimum absolute atomic E-state index is 0.274. The molecule has 0 aromatic carbocycles. The lowest BCUT2D eigenvalue weighted by molar-refractivity contribution is -0.115. The molecule has 0 aliphatic rings. The van der Waals surface area contributed by atoms with Crippen LogP contribution < -0.4 is 0 Å². The van der Waals surface area contributed by atoms with E-state index in [2.05, 4.69) is 0 Å². The Balaban J connectivity index is -0.000000144. The van der Waals surface area contributed by atoms with Crippen LogP contribution in [0.5, 0.6) is 0 Å². The summed E-state index contributed by atoms with van der Waals surface area (Å²) in [6.45, 7) is 7.26. The van der Waals surface area contributed by atoms with Gasteiger partial charge in [0.05, 0.1) is 89.0 Å². The highest BCUT2D eigenvalue weighted by atomic mass is 16.4. The van der Waals surface area contributed by atoms with Crippen LogP contribution in [0.3, 0.4) is 0 Å². The van der Waals surface area contributed by atoms with E-state index in [0.29, 0.717) is 19.3 Å². The van der Waals surface area contributed by atoms with Crippen LogP contribution in [0.1, 0.15) is 87.0 Å². The van der Waals surface area contributed by atoms with E-state index in [1.54, 1.807) is 41.5 Å². The molecule has 0 aromatic heterocycles. The van der Waals surface area contributed by atoms with Crippen LogP contribution in [0.2, 0.25) is 0 Å². The molecule has 0 rings (SSSR count). The molecule has 0 bridgehead atoms. The fraction of sp³-hybridized carbons (Fsp3) is 1.00. The average Bonchev–Trinajstić information content (AvgIpc) is 3.44. The fourth-order valence-electron chi connectivity index (χ4n) is 4.64. The monoisotopic (exact) mass is 1130 g/mol. The Morgan fingerprint density at radius 3 is 0.440 bits per heavy atom. The lowest BCUT2D eigenvalue weighted by atomic mass is 10.0. The molecule has 0 fully saturated rings. The molecule has 0 aliphatic heterocycles. The number of aliphatic hydroxyl groups is 31. The van der Waals surface area contributed by atoms with Crippen molar-refractivity contribution in [1.82, 2.24) is 0 Å². The van der Waals surface area contributed by atoms with Crippen molar-refractivity contribution in [2.45, 2.75) is 233 Å². The van der Waals surface area contributed by atoms with Gasteiger partial charge in [-0.3, -0.25) is 0 Å². The van der Waals surface area contributed by atoms with Crippen molar-refractivity contribution in [2.24, 2.45) is 0 Å². The van der Waals surface area contributed by atoms with E-state index >= 15 is 0 Å². The van der Waals surface area contributed by atoms with Crippen molar-refractivity contribution in [2.75, 3.05) is 46.2 Å². The number of hydrogen-bond donors (Lipinski definition) is 31. The van der Waals surface area contributed by atoms with Gasteiger partial charge in [-0.15, -0.1) is 0 Å². The van der Waals surface area contributed by atoms with Crippen molar-refractivity contribution < 1.29 is 158 Å².